The minimum absolute atomic E-state index is 1.04. The second-order valence-electron chi connectivity index (χ2n) is 10.8. The van der Waals surface area contributed by atoms with Gasteiger partial charge >= 0.3 is 11.0 Å². The highest BCUT2D eigenvalue weighted by molar-refractivity contribution is 7.86. The normalized spacial score (nSPS) is 13.9. The summed E-state index contributed by atoms with van der Waals surface area (Å²) in [4.78, 5) is 3.97. The van der Waals surface area contributed by atoms with Gasteiger partial charge in [-0.25, -0.2) is 16.8 Å². The highest BCUT2D eigenvalue weighted by atomic mass is 32.2. The van der Waals surface area contributed by atoms with Gasteiger partial charge in [0.25, 0.3) is 0 Å². The molecular formula is C32H24F6N2O6S4. The Kier molecular flexibility index (Phi) is 10.7. The fourth-order valence-corrected chi connectivity index (χ4v) is 7.05. The molecule has 0 radical (unpaired) electrons. The van der Waals surface area contributed by atoms with Crippen LogP contribution in [0.2, 0.25) is 0 Å². The van der Waals surface area contributed by atoms with E-state index in [4.69, 9.17) is 25.9 Å². The van der Waals surface area contributed by atoms with Gasteiger partial charge in [-0.15, -0.1) is 22.7 Å². The highest BCUT2D eigenvalue weighted by Gasteiger charge is 2.38. The lowest BCUT2D eigenvalue weighted by Gasteiger charge is -2.22. The number of aryl methyl sites for hydroxylation is 4. The second-order valence-corrected chi connectivity index (χ2v) is 15.6. The minimum atomic E-state index is -6.09. The van der Waals surface area contributed by atoms with Gasteiger partial charge in [-0.05, 0) is 52.4 Å². The lowest BCUT2D eigenvalue weighted by molar-refractivity contribution is -0.689. The molecule has 0 saturated heterocycles. The quantitative estimate of drug-likeness (QED) is 0.0864. The lowest BCUT2D eigenvalue weighted by atomic mass is 9.85. The number of benzene rings is 1. The molecule has 0 N–H and O–H groups in total. The van der Waals surface area contributed by atoms with Gasteiger partial charge in [-0.2, -0.15) is 35.5 Å². The van der Waals surface area contributed by atoms with Crippen LogP contribution in [0.1, 0.15) is 21.6 Å². The molecule has 0 spiro atoms. The standard InChI is InChI=1S/C30H24N2S2.2CHF3O3S/c1-2-15-31-17-13-22-7-8-23-14-18-32-16-12-21(20-26(32)30(23)29(22)25(31)4-1)6-9-24-10-11-28(34-24)27-5-3-19-33-27;2*2-1(3,4)8(5,6)7/h1-12,15-16,19-20H,13-14,17-18H2;2*(H,5,6,7)/q+2;;/p-2. The van der Waals surface area contributed by atoms with E-state index in [0.717, 1.165) is 25.9 Å². The van der Waals surface area contributed by atoms with Gasteiger partial charge in [0.1, 0.15) is 0 Å². The number of alkyl halides is 6. The predicted molar refractivity (Wildman–Crippen MR) is 173 cm³/mol. The summed E-state index contributed by atoms with van der Waals surface area (Å²) >= 11 is 3.65. The van der Waals surface area contributed by atoms with Crippen LogP contribution in [-0.4, -0.2) is 37.0 Å². The van der Waals surface area contributed by atoms with Gasteiger partial charge in [0.2, 0.25) is 11.4 Å². The van der Waals surface area contributed by atoms with Crippen molar-refractivity contribution in [1.82, 2.24) is 0 Å². The number of hydrogen-bond donors (Lipinski definition) is 0. The van der Waals surface area contributed by atoms with Crippen molar-refractivity contribution < 1.29 is 61.4 Å². The van der Waals surface area contributed by atoms with Crippen LogP contribution >= 0.6 is 22.7 Å². The van der Waals surface area contributed by atoms with Gasteiger partial charge in [0, 0.05) is 51.7 Å². The van der Waals surface area contributed by atoms with Crippen molar-refractivity contribution in [3.63, 3.8) is 0 Å². The molecule has 2 aliphatic rings. The Morgan fingerprint density at radius 2 is 1.24 bits per heavy atom. The molecule has 6 heterocycles. The minimum Gasteiger partial charge on any atom is -0.741 e. The summed E-state index contributed by atoms with van der Waals surface area (Å²) in [5.74, 6) is 0. The molecule has 0 amide bonds. The van der Waals surface area contributed by atoms with Crippen molar-refractivity contribution in [2.75, 3.05) is 0 Å². The maximum Gasteiger partial charge on any atom is 0.485 e. The third-order valence-electron chi connectivity index (χ3n) is 7.53. The molecule has 5 aromatic rings. The summed E-state index contributed by atoms with van der Waals surface area (Å²) in [6.07, 6.45) is 11.2. The largest absolute Gasteiger partial charge is 0.741 e. The van der Waals surface area contributed by atoms with Gasteiger partial charge in [0.15, 0.2) is 45.7 Å². The van der Waals surface area contributed by atoms with Crippen molar-refractivity contribution >= 4 is 55.1 Å². The second kappa shape index (κ2) is 14.4. The topological polar surface area (TPSA) is 122 Å². The van der Waals surface area contributed by atoms with Crippen LogP contribution in [0.15, 0.2) is 84.5 Å². The predicted octanol–water partition coefficient (Wildman–Crippen LogP) is 6.77. The average molecular weight is 775 g/mol. The zero-order valence-electron chi connectivity index (χ0n) is 25.3. The van der Waals surface area contributed by atoms with Crippen LogP contribution in [-0.2, 0) is 46.2 Å². The first kappa shape index (κ1) is 37.3. The third kappa shape index (κ3) is 8.50. The van der Waals surface area contributed by atoms with Crippen LogP contribution in [0.25, 0.3) is 44.4 Å². The molecule has 4 aromatic heterocycles. The van der Waals surface area contributed by atoms with E-state index in [1.807, 2.05) is 11.3 Å². The first-order valence-corrected chi connectivity index (χ1v) is 18.9. The molecule has 8 nitrogen and oxygen atoms in total. The van der Waals surface area contributed by atoms with E-state index < -0.39 is 31.3 Å². The van der Waals surface area contributed by atoms with E-state index >= 15 is 0 Å². The fourth-order valence-electron chi connectivity index (χ4n) is 5.30. The summed E-state index contributed by atoms with van der Waals surface area (Å²) in [6.45, 7) is 2.09. The Bertz CT molecular complexity index is 2220. The third-order valence-corrected chi connectivity index (χ3v) is 10.8. The van der Waals surface area contributed by atoms with Gasteiger partial charge < -0.3 is 9.11 Å². The number of nitrogens with zero attached hydrogens (tertiary/aromatic N) is 2. The molecule has 0 fully saturated rings. The molecule has 18 heteroatoms. The first-order chi connectivity index (χ1) is 23.3. The number of aromatic nitrogens is 2. The van der Waals surface area contributed by atoms with E-state index in [0.29, 0.717) is 0 Å². The maximum absolute atomic E-state index is 10.7. The van der Waals surface area contributed by atoms with Crippen molar-refractivity contribution in [2.45, 2.75) is 36.9 Å². The zero-order chi connectivity index (χ0) is 36.5. The average Bonchev–Trinajstić information content (AvgIpc) is 3.75. The molecule has 0 saturated carbocycles. The number of hydrogen-bond acceptors (Lipinski definition) is 8. The van der Waals surface area contributed by atoms with Crippen molar-refractivity contribution in [2.24, 2.45) is 0 Å². The van der Waals surface area contributed by atoms with Crippen LogP contribution in [0.4, 0.5) is 26.3 Å². The van der Waals surface area contributed by atoms with Crippen LogP contribution in [0.3, 0.4) is 0 Å². The Morgan fingerprint density at radius 1 is 0.660 bits per heavy atom. The summed E-state index contributed by atoms with van der Waals surface area (Å²) in [7, 11) is -12.2. The highest BCUT2D eigenvalue weighted by Crippen LogP contribution is 2.39. The van der Waals surface area contributed by atoms with Gasteiger partial charge in [-0.3, -0.25) is 0 Å². The lowest BCUT2D eigenvalue weighted by Crippen LogP contribution is -2.43. The SMILES string of the molecule is C(=Cc1ccc(-c2cccs2)s1)c1cc[n+]2c(c1)-c1c(ccc3c1-c1cccc[n+]1CC3)CC2.O=S(=O)([O-])C(F)(F)F.O=S(=O)([O-])C(F)(F)F. The van der Waals surface area contributed by atoms with Gasteiger partial charge in [0.05, 0.1) is 11.1 Å². The van der Waals surface area contributed by atoms with Gasteiger partial charge in [-0.1, -0.05) is 24.3 Å². The van der Waals surface area contributed by atoms with E-state index in [-0.39, 0.29) is 0 Å². The molecule has 0 aliphatic carbocycles. The summed E-state index contributed by atoms with van der Waals surface area (Å²) < 4.78 is 123. The molecule has 1 aromatic carbocycles. The molecule has 2 aliphatic heterocycles. The number of rotatable bonds is 3. The van der Waals surface area contributed by atoms with Crippen LogP contribution < -0.4 is 9.13 Å². The number of pyridine rings is 2. The molecule has 0 atom stereocenters. The first-order valence-electron chi connectivity index (χ1n) is 14.4. The summed E-state index contributed by atoms with van der Waals surface area (Å²) in [5, 5.41) is 2.14. The molecule has 264 valence electrons. The molecular weight excluding hydrogens is 751 g/mol. The van der Waals surface area contributed by atoms with Crippen LogP contribution in [0.5, 0.6) is 0 Å². The Balaban J connectivity index is 0.000000255. The molecule has 7 rings (SSSR count). The Labute approximate surface area is 290 Å². The maximum atomic E-state index is 10.7. The van der Waals surface area contributed by atoms with Crippen molar-refractivity contribution in [1.29, 1.82) is 0 Å². The van der Waals surface area contributed by atoms with Crippen LogP contribution in [0, 0.1) is 0 Å². The summed E-state index contributed by atoms with van der Waals surface area (Å²) in [6, 6.07) is 24.7. The number of halogens is 6. The van der Waals surface area contributed by atoms with Crippen molar-refractivity contribution in [3.8, 4) is 32.3 Å². The Morgan fingerprint density at radius 3 is 1.80 bits per heavy atom. The number of thiophene rings is 2. The van der Waals surface area contributed by atoms with E-state index in [9.17, 15) is 26.3 Å². The van der Waals surface area contributed by atoms with E-state index in [1.54, 1.807) is 11.3 Å². The fraction of sp³-hybridized carbons (Fsp3) is 0.188. The van der Waals surface area contributed by atoms with E-state index in [2.05, 4.69) is 106 Å². The number of fused-ring (bicyclic) bond motifs is 7. The van der Waals surface area contributed by atoms with E-state index in [1.165, 1.54) is 53.8 Å². The molecule has 0 bridgehead atoms. The monoisotopic (exact) mass is 774 g/mol. The summed E-state index contributed by atoms with van der Waals surface area (Å²) in [5.41, 5.74) is -1.57. The Hall–Kier alpha value is -3.94. The molecule has 0 unspecified atom stereocenters. The smallest absolute Gasteiger partial charge is 0.485 e. The molecule has 50 heavy (non-hydrogen) atoms. The zero-order valence-corrected chi connectivity index (χ0v) is 28.6. The van der Waals surface area contributed by atoms with Crippen molar-refractivity contribution in [3.05, 3.63) is 106 Å².